The number of nitrogens with one attached hydrogen (secondary N) is 1. The number of carbonyl (C=O) groups excluding carboxylic acids is 1. The van der Waals surface area contributed by atoms with E-state index in [0.717, 1.165) is 25.1 Å². The summed E-state index contributed by atoms with van der Waals surface area (Å²) >= 11 is 6.04. The zero-order chi connectivity index (χ0) is 14.8. The van der Waals surface area contributed by atoms with E-state index in [9.17, 15) is 4.79 Å². The number of aryl methyl sites for hydroxylation is 1. The predicted molar refractivity (Wildman–Crippen MR) is 83.7 cm³/mol. The van der Waals surface area contributed by atoms with Gasteiger partial charge in [0.1, 0.15) is 5.15 Å². The quantitative estimate of drug-likeness (QED) is 0.869. The van der Waals surface area contributed by atoms with E-state index >= 15 is 0 Å². The normalized spacial score (nSPS) is 27.6. The largest absolute Gasteiger partial charge is 0.348 e. The van der Waals surface area contributed by atoms with Gasteiger partial charge in [-0.3, -0.25) is 4.79 Å². The van der Waals surface area contributed by atoms with Crippen LogP contribution in [0, 0.1) is 5.92 Å². The van der Waals surface area contributed by atoms with Gasteiger partial charge in [0, 0.05) is 23.8 Å². The zero-order valence-corrected chi connectivity index (χ0v) is 13.2. The van der Waals surface area contributed by atoms with Crippen molar-refractivity contribution in [3.8, 4) is 0 Å². The van der Waals surface area contributed by atoms with E-state index in [1.807, 2.05) is 6.07 Å². The second kappa shape index (κ2) is 6.32. The number of halogens is 1. The third kappa shape index (κ3) is 3.38. The van der Waals surface area contributed by atoms with Crippen LogP contribution in [0.25, 0.3) is 0 Å². The molecule has 1 atom stereocenters. The van der Waals surface area contributed by atoms with Gasteiger partial charge in [-0.25, -0.2) is 4.98 Å². The maximum Gasteiger partial charge on any atom is 0.251 e. The van der Waals surface area contributed by atoms with E-state index in [-0.39, 0.29) is 11.9 Å². The van der Waals surface area contributed by atoms with Gasteiger partial charge in [0.15, 0.2) is 0 Å². The fourth-order valence-corrected chi connectivity index (χ4v) is 3.67. The number of amides is 1. The van der Waals surface area contributed by atoms with E-state index in [4.69, 9.17) is 11.6 Å². The molecular formula is C16H22ClN3O. The van der Waals surface area contributed by atoms with Gasteiger partial charge in [0.05, 0.1) is 0 Å². The van der Waals surface area contributed by atoms with Crippen LogP contribution in [0.3, 0.4) is 0 Å². The Kier molecular flexibility index (Phi) is 4.45. The molecule has 0 radical (unpaired) electrons. The lowest BCUT2D eigenvalue weighted by Gasteiger charge is -2.44. The van der Waals surface area contributed by atoms with Crippen LogP contribution < -0.4 is 5.32 Å². The number of rotatable bonds is 4. The van der Waals surface area contributed by atoms with Crippen molar-refractivity contribution in [2.45, 2.75) is 38.6 Å². The molecule has 3 fully saturated rings. The van der Waals surface area contributed by atoms with E-state index in [0.29, 0.717) is 16.6 Å². The lowest BCUT2D eigenvalue weighted by molar-refractivity contribution is 0.0620. The molecule has 4 nitrogen and oxygen atoms in total. The van der Waals surface area contributed by atoms with E-state index in [1.165, 1.54) is 25.9 Å². The van der Waals surface area contributed by atoms with Crippen molar-refractivity contribution >= 4 is 17.5 Å². The lowest BCUT2D eigenvalue weighted by Crippen LogP contribution is -2.57. The van der Waals surface area contributed by atoms with Crippen LogP contribution in [-0.2, 0) is 6.42 Å². The summed E-state index contributed by atoms with van der Waals surface area (Å²) < 4.78 is 0. The zero-order valence-electron chi connectivity index (χ0n) is 12.4. The number of pyridine rings is 1. The molecule has 1 aromatic heterocycles. The summed E-state index contributed by atoms with van der Waals surface area (Å²) in [6.45, 7) is 5.43. The van der Waals surface area contributed by atoms with Gasteiger partial charge in [0.2, 0.25) is 0 Å². The smallest absolute Gasteiger partial charge is 0.251 e. The minimum Gasteiger partial charge on any atom is -0.348 e. The van der Waals surface area contributed by atoms with Gasteiger partial charge in [-0.15, -0.1) is 0 Å². The van der Waals surface area contributed by atoms with Crippen LogP contribution in [0.5, 0.6) is 0 Å². The molecule has 21 heavy (non-hydrogen) atoms. The first-order valence-electron chi connectivity index (χ1n) is 7.85. The molecule has 1 aromatic rings. The van der Waals surface area contributed by atoms with Crippen molar-refractivity contribution in [2.75, 3.05) is 19.6 Å². The van der Waals surface area contributed by atoms with Crippen molar-refractivity contribution in [1.82, 2.24) is 15.2 Å². The van der Waals surface area contributed by atoms with Crippen molar-refractivity contribution in [1.29, 1.82) is 0 Å². The van der Waals surface area contributed by atoms with Crippen molar-refractivity contribution in [3.63, 3.8) is 0 Å². The summed E-state index contributed by atoms with van der Waals surface area (Å²) in [5, 5.41) is 3.60. The Labute approximate surface area is 130 Å². The molecule has 0 spiro atoms. The number of piperidine rings is 3. The Morgan fingerprint density at radius 3 is 2.81 bits per heavy atom. The highest BCUT2D eigenvalue weighted by Gasteiger charge is 2.34. The molecule has 4 rings (SSSR count). The standard InChI is InChI=1S/C16H22ClN3O/c1-2-3-13-8-12(9-15(17)18-13)16(21)19-14-10-20-6-4-11(14)5-7-20/h8-9,11,14H,2-7,10H2,1H3,(H,19,21). The third-order valence-electron chi connectivity index (χ3n) is 4.59. The first-order chi connectivity index (χ1) is 10.2. The SMILES string of the molecule is CCCc1cc(C(=O)NC2CN3CCC2CC3)cc(Cl)n1. The summed E-state index contributed by atoms with van der Waals surface area (Å²) in [6.07, 6.45) is 4.24. The van der Waals surface area contributed by atoms with Gasteiger partial charge < -0.3 is 10.2 Å². The van der Waals surface area contributed by atoms with Gasteiger partial charge in [-0.2, -0.15) is 0 Å². The molecule has 114 valence electrons. The Hall–Kier alpha value is -1.13. The van der Waals surface area contributed by atoms with Crippen LogP contribution in [0.15, 0.2) is 12.1 Å². The lowest BCUT2D eigenvalue weighted by atomic mass is 9.84. The maximum atomic E-state index is 12.5. The van der Waals surface area contributed by atoms with E-state index < -0.39 is 0 Å². The molecule has 2 bridgehead atoms. The summed E-state index contributed by atoms with van der Waals surface area (Å²) in [6, 6.07) is 3.81. The number of carbonyl (C=O) groups is 1. The number of fused-ring (bicyclic) bond motifs is 3. The third-order valence-corrected chi connectivity index (χ3v) is 4.78. The molecular weight excluding hydrogens is 286 g/mol. The summed E-state index contributed by atoms with van der Waals surface area (Å²) in [7, 11) is 0. The van der Waals surface area contributed by atoms with Crippen LogP contribution >= 0.6 is 11.6 Å². The molecule has 1 unspecified atom stereocenters. The second-order valence-electron chi connectivity index (χ2n) is 6.14. The van der Waals surface area contributed by atoms with E-state index in [2.05, 4.69) is 22.1 Å². The first kappa shape index (κ1) is 14.8. The molecule has 1 N–H and O–H groups in total. The van der Waals surface area contributed by atoms with Crippen molar-refractivity contribution < 1.29 is 4.79 Å². The highest BCUT2D eigenvalue weighted by atomic mass is 35.5. The van der Waals surface area contributed by atoms with Crippen LogP contribution in [0.4, 0.5) is 0 Å². The fourth-order valence-electron chi connectivity index (χ4n) is 3.45. The minimum atomic E-state index is -0.0181. The number of nitrogens with zero attached hydrogens (tertiary/aromatic N) is 2. The van der Waals surface area contributed by atoms with Crippen LogP contribution in [0.2, 0.25) is 5.15 Å². The Bertz CT molecular complexity index is 526. The van der Waals surface area contributed by atoms with Crippen molar-refractivity contribution in [3.05, 3.63) is 28.5 Å². The highest BCUT2D eigenvalue weighted by Crippen LogP contribution is 2.27. The number of hydrogen-bond acceptors (Lipinski definition) is 3. The molecule has 0 aromatic carbocycles. The summed E-state index contributed by atoms with van der Waals surface area (Å²) in [5.41, 5.74) is 1.53. The average Bonchev–Trinajstić information content (AvgIpc) is 2.48. The molecule has 3 saturated heterocycles. The Morgan fingerprint density at radius 2 is 2.19 bits per heavy atom. The fraction of sp³-hybridized carbons (Fsp3) is 0.625. The average molecular weight is 308 g/mol. The minimum absolute atomic E-state index is 0.0181. The molecule has 3 aliphatic heterocycles. The highest BCUT2D eigenvalue weighted by molar-refractivity contribution is 6.29. The maximum absolute atomic E-state index is 12.5. The van der Waals surface area contributed by atoms with Gasteiger partial charge in [-0.05, 0) is 50.4 Å². The summed E-state index contributed by atoms with van der Waals surface area (Å²) in [5.74, 6) is 0.613. The van der Waals surface area contributed by atoms with Gasteiger partial charge in [-0.1, -0.05) is 24.9 Å². The molecule has 1 amide bonds. The Morgan fingerprint density at radius 1 is 1.43 bits per heavy atom. The van der Waals surface area contributed by atoms with Crippen LogP contribution in [0.1, 0.15) is 42.2 Å². The van der Waals surface area contributed by atoms with E-state index in [1.54, 1.807) is 6.07 Å². The monoisotopic (exact) mass is 307 g/mol. The van der Waals surface area contributed by atoms with Gasteiger partial charge in [0.25, 0.3) is 5.91 Å². The molecule has 4 heterocycles. The summed E-state index contributed by atoms with van der Waals surface area (Å²) in [4.78, 5) is 19.2. The number of hydrogen-bond donors (Lipinski definition) is 1. The van der Waals surface area contributed by atoms with Crippen LogP contribution in [-0.4, -0.2) is 41.5 Å². The second-order valence-corrected chi connectivity index (χ2v) is 6.53. The van der Waals surface area contributed by atoms with Gasteiger partial charge >= 0.3 is 0 Å². The topological polar surface area (TPSA) is 45.2 Å². The molecule has 0 aliphatic carbocycles. The molecule has 0 saturated carbocycles. The number of aromatic nitrogens is 1. The molecule has 3 aliphatic rings. The molecule has 5 heteroatoms. The van der Waals surface area contributed by atoms with Crippen molar-refractivity contribution in [2.24, 2.45) is 5.92 Å². The predicted octanol–water partition coefficient (Wildman–Crippen LogP) is 2.51. The Balaban J connectivity index is 1.70. The first-order valence-corrected chi connectivity index (χ1v) is 8.23.